The highest BCUT2D eigenvalue weighted by Gasteiger charge is 2.30. The first kappa shape index (κ1) is 18.4. The molecule has 3 nitrogen and oxygen atoms in total. The number of hydrogen-bond acceptors (Lipinski definition) is 3. The minimum Gasteiger partial charge on any atom is -0.396 e. The SMILES string of the molecule is CC(CC1CCOCC1)NCC(c1ccccc1)C(C)(C)CO. The van der Waals surface area contributed by atoms with E-state index in [1.54, 1.807) is 0 Å². The molecule has 1 saturated heterocycles. The zero-order chi connectivity index (χ0) is 16.7. The van der Waals surface area contributed by atoms with Crippen LogP contribution in [0.15, 0.2) is 30.3 Å². The standard InChI is InChI=1S/C20H33NO2/c1-16(13-17-9-11-23-12-10-17)21-14-19(20(2,3)15-22)18-7-5-4-6-8-18/h4-8,16-17,19,21-22H,9-15H2,1-3H3. The van der Waals surface area contributed by atoms with Gasteiger partial charge in [0.05, 0.1) is 0 Å². The Morgan fingerprint density at radius 2 is 1.87 bits per heavy atom. The van der Waals surface area contributed by atoms with Crippen molar-refractivity contribution in [3.63, 3.8) is 0 Å². The molecule has 2 N–H and O–H groups in total. The van der Waals surface area contributed by atoms with Gasteiger partial charge in [-0.25, -0.2) is 0 Å². The van der Waals surface area contributed by atoms with Crippen LogP contribution in [0, 0.1) is 11.3 Å². The molecular formula is C20H33NO2. The molecule has 0 bridgehead atoms. The minimum absolute atomic E-state index is 0.132. The van der Waals surface area contributed by atoms with E-state index in [1.807, 2.05) is 6.07 Å². The Morgan fingerprint density at radius 1 is 1.22 bits per heavy atom. The second-order valence-corrected chi connectivity index (χ2v) is 7.71. The first-order chi connectivity index (χ1) is 11.0. The van der Waals surface area contributed by atoms with Gasteiger partial charge in [0, 0.05) is 38.3 Å². The van der Waals surface area contributed by atoms with Crippen molar-refractivity contribution in [2.75, 3.05) is 26.4 Å². The fraction of sp³-hybridized carbons (Fsp3) is 0.700. The smallest absolute Gasteiger partial charge is 0.0488 e. The number of aliphatic hydroxyl groups is 1. The highest BCUT2D eigenvalue weighted by atomic mass is 16.5. The Hall–Kier alpha value is -0.900. The molecule has 1 heterocycles. The molecule has 0 saturated carbocycles. The Kier molecular flexibility index (Phi) is 7.07. The number of nitrogens with one attached hydrogen (secondary N) is 1. The van der Waals surface area contributed by atoms with Crippen molar-refractivity contribution >= 4 is 0 Å². The van der Waals surface area contributed by atoms with Gasteiger partial charge in [-0.15, -0.1) is 0 Å². The summed E-state index contributed by atoms with van der Waals surface area (Å²) in [6, 6.07) is 11.1. The van der Waals surface area contributed by atoms with Crippen LogP contribution in [0.25, 0.3) is 0 Å². The summed E-state index contributed by atoms with van der Waals surface area (Å²) in [6.45, 7) is 9.52. The Labute approximate surface area is 141 Å². The fourth-order valence-electron chi connectivity index (χ4n) is 3.53. The van der Waals surface area contributed by atoms with Crippen LogP contribution in [0.4, 0.5) is 0 Å². The first-order valence-corrected chi connectivity index (χ1v) is 9.00. The van der Waals surface area contributed by atoms with E-state index >= 15 is 0 Å². The van der Waals surface area contributed by atoms with E-state index in [0.29, 0.717) is 12.0 Å². The number of rotatable bonds is 8. The van der Waals surface area contributed by atoms with Gasteiger partial charge < -0.3 is 15.2 Å². The van der Waals surface area contributed by atoms with Gasteiger partial charge in [0.1, 0.15) is 0 Å². The first-order valence-electron chi connectivity index (χ1n) is 9.00. The van der Waals surface area contributed by atoms with E-state index in [9.17, 15) is 5.11 Å². The highest BCUT2D eigenvalue weighted by Crippen LogP contribution is 2.34. The van der Waals surface area contributed by atoms with E-state index in [1.165, 1.54) is 24.8 Å². The van der Waals surface area contributed by atoms with Crippen molar-refractivity contribution in [3.05, 3.63) is 35.9 Å². The van der Waals surface area contributed by atoms with E-state index in [0.717, 1.165) is 25.7 Å². The van der Waals surface area contributed by atoms with Crippen molar-refractivity contribution in [1.29, 1.82) is 0 Å². The molecule has 0 aromatic heterocycles. The third kappa shape index (κ3) is 5.59. The lowest BCUT2D eigenvalue weighted by molar-refractivity contribution is 0.0607. The predicted octanol–water partition coefficient (Wildman–Crippen LogP) is 3.58. The summed E-state index contributed by atoms with van der Waals surface area (Å²) in [7, 11) is 0. The summed E-state index contributed by atoms with van der Waals surface area (Å²) in [5.41, 5.74) is 1.17. The summed E-state index contributed by atoms with van der Waals surface area (Å²) in [6.07, 6.45) is 3.59. The third-order valence-electron chi connectivity index (χ3n) is 5.25. The lowest BCUT2D eigenvalue weighted by Gasteiger charge is -2.35. The maximum Gasteiger partial charge on any atom is 0.0488 e. The lowest BCUT2D eigenvalue weighted by atomic mass is 9.75. The van der Waals surface area contributed by atoms with Gasteiger partial charge in [-0.2, -0.15) is 0 Å². The van der Waals surface area contributed by atoms with Crippen molar-refractivity contribution in [1.82, 2.24) is 5.32 Å². The summed E-state index contributed by atoms with van der Waals surface area (Å²) >= 11 is 0. The zero-order valence-corrected chi connectivity index (χ0v) is 14.9. The number of aliphatic hydroxyl groups excluding tert-OH is 1. The van der Waals surface area contributed by atoms with E-state index < -0.39 is 0 Å². The molecule has 1 aliphatic heterocycles. The monoisotopic (exact) mass is 319 g/mol. The lowest BCUT2D eigenvalue weighted by Crippen LogP contribution is -2.38. The van der Waals surface area contributed by atoms with Crippen molar-refractivity contribution in [3.8, 4) is 0 Å². The van der Waals surface area contributed by atoms with Crippen molar-refractivity contribution < 1.29 is 9.84 Å². The number of ether oxygens (including phenoxy) is 1. The van der Waals surface area contributed by atoms with Crippen LogP contribution in [0.1, 0.15) is 51.5 Å². The Bertz CT molecular complexity index is 440. The molecule has 130 valence electrons. The van der Waals surface area contributed by atoms with Crippen LogP contribution in [0.2, 0.25) is 0 Å². The molecule has 1 aromatic carbocycles. The molecule has 0 radical (unpaired) electrons. The van der Waals surface area contributed by atoms with Crippen LogP contribution in [-0.4, -0.2) is 37.5 Å². The van der Waals surface area contributed by atoms with E-state index in [2.05, 4.69) is 50.4 Å². The van der Waals surface area contributed by atoms with Gasteiger partial charge in [-0.1, -0.05) is 44.2 Å². The van der Waals surface area contributed by atoms with Gasteiger partial charge >= 0.3 is 0 Å². The average Bonchev–Trinajstić information content (AvgIpc) is 2.56. The molecule has 1 aliphatic rings. The maximum atomic E-state index is 9.81. The minimum atomic E-state index is -0.132. The van der Waals surface area contributed by atoms with Crippen LogP contribution < -0.4 is 5.32 Å². The van der Waals surface area contributed by atoms with Crippen LogP contribution in [0.3, 0.4) is 0 Å². The molecule has 1 aromatic rings. The topological polar surface area (TPSA) is 41.5 Å². The van der Waals surface area contributed by atoms with Gasteiger partial charge in [-0.05, 0) is 43.1 Å². The Balaban J connectivity index is 1.92. The predicted molar refractivity (Wildman–Crippen MR) is 95.7 cm³/mol. The normalized spacial score (nSPS) is 19.5. The van der Waals surface area contributed by atoms with E-state index in [-0.39, 0.29) is 12.0 Å². The van der Waals surface area contributed by atoms with Gasteiger partial charge in [0.2, 0.25) is 0 Å². The molecule has 2 atom stereocenters. The zero-order valence-electron chi connectivity index (χ0n) is 14.9. The third-order valence-corrected chi connectivity index (χ3v) is 5.25. The van der Waals surface area contributed by atoms with Gasteiger partial charge in [0.25, 0.3) is 0 Å². The maximum absolute atomic E-state index is 9.81. The summed E-state index contributed by atoms with van der Waals surface area (Å²) in [5.74, 6) is 1.10. The fourth-order valence-corrected chi connectivity index (χ4v) is 3.53. The van der Waals surface area contributed by atoms with Crippen LogP contribution in [-0.2, 0) is 4.74 Å². The molecule has 0 aliphatic carbocycles. The molecular weight excluding hydrogens is 286 g/mol. The second kappa shape index (κ2) is 8.81. The highest BCUT2D eigenvalue weighted by molar-refractivity contribution is 5.22. The second-order valence-electron chi connectivity index (χ2n) is 7.71. The molecule has 3 heteroatoms. The molecule has 2 rings (SSSR count). The van der Waals surface area contributed by atoms with E-state index in [4.69, 9.17) is 4.74 Å². The van der Waals surface area contributed by atoms with Gasteiger partial charge in [-0.3, -0.25) is 0 Å². The summed E-state index contributed by atoms with van der Waals surface area (Å²) in [5, 5.41) is 13.5. The average molecular weight is 319 g/mol. The van der Waals surface area contributed by atoms with Crippen LogP contribution >= 0.6 is 0 Å². The Morgan fingerprint density at radius 3 is 2.48 bits per heavy atom. The molecule has 23 heavy (non-hydrogen) atoms. The van der Waals surface area contributed by atoms with Crippen molar-refractivity contribution in [2.24, 2.45) is 11.3 Å². The quantitative estimate of drug-likeness (QED) is 0.769. The summed E-state index contributed by atoms with van der Waals surface area (Å²) in [4.78, 5) is 0. The largest absolute Gasteiger partial charge is 0.396 e. The molecule has 1 fully saturated rings. The van der Waals surface area contributed by atoms with Gasteiger partial charge in [0.15, 0.2) is 0 Å². The summed E-state index contributed by atoms with van der Waals surface area (Å²) < 4.78 is 5.45. The number of benzene rings is 1. The van der Waals surface area contributed by atoms with Crippen molar-refractivity contribution in [2.45, 2.75) is 52.0 Å². The molecule has 2 unspecified atom stereocenters. The molecule has 0 spiro atoms. The van der Waals surface area contributed by atoms with Crippen LogP contribution in [0.5, 0.6) is 0 Å². The number of hydrogen-bond donors (Lipinski definition) is 2. The molecule has 0 amide bonds.